The van der Waals surface area contributed by atoms with Crippen LogP contribution in [0.25, 0.3) is 0 Å². The lowest BCUT2D eigenvalue weighted by Crippen LogP contribution is -2.43. The number of rotatable bonds is 4. The Bertz CT molecular complexity index is 216. The Morgan fingerprint density at radius 3 is 3.07 bits per heavy atom. The number of hydrogen-bond donors (Lipinski definition) is 1. The number of unbranched alkanes of at least 4 members (excludes halogenated alkanes) is 1. The summed E-state index contributed by atoms with van der Waals surface area (Å²) in [6, 6.07) is 0. The molecule has 4 nitrogen and oxygen atoms in total. The van der Waals surface area contributed by atoms with E-state index in [1.54, 1.807) is 0 Å². The van der Waals surface area contributed by atoms with Gasteiger partial charge in [0.1, 0.15) is 0 Å². The smallest absolute Gasteiger partial charge is 0.251 e. The van der Waals surface area contributed by atoms with Crippen molar-refractivity contribution in [2.24, 2.45) is 0 Å². The molecule has 1 aliphatic heterocycles. The van der Waals surface area contributed by atoms with Gasteiger partial charge in [0, 0.05) is 13.0 Å². The standard InChI is InChI=1S/C10H15NO3/c1-2-3-4-5-11-10(12)9-8-13-6-7-14-9/h1,9H,3-8H2,(H,11,12). The zero-order chi connectivity index (χ0) is 10.2. The fourth-order valence-electron chi connectivity index (χ4n) is 1.16. The summed E-state index contributed by atoms with van der Waals surface area (Å²) < 4.78 is 10.3. The molecular weight excluding hydrogens is 182 g/mol. The summed E-state index contributed by atoms with van der Waals surface area (Å²) in [5.41, 5.74) is 0. The van der Waals surface area contributed by atoms with Crippen LogP contribution in [0.1, 0.15) is 12.8 Å². The van der Waals surface area contributed by atoms with Gasteiger partial charge < -0.3 is 14.8 Å². The first-order valence-electron chi connectivity index (χ1n) is 4.75. The van der Waals surface area contributed by atoms with Crippen molar-refractivity contribution >= 4 is 5.91 Å². The Labute approximate surface area is 84.0 Å². The molecule has 1 aliphatic rings. The normalized spacial score (nSPS) is 21.2. The second-order valence-electron chi connectivity index (χ2n) is 3.03. The SMILES string of the molecule is C#CCCCNC(=O)C1COCCO1. The minimum atomic E-state index is -0.449. The number of carbonyl (C=O) groups excluding carboxylic acids is 1. The third-order valence-electron chi connectivity index (χ3n) is 1.91. The molecule has 0 aromatic heterocycles. The molecule has 0 radical (unpaired) electrons. The van der Waals surface area contributed by atoms with Gasteiger partial charge in [-0.25, -0.2) is 0 Å². The maximum absolute atomic E-state index is 11.4. The number of nitrogens with one attached hydrogen (secondary N) is 1. The zero-order valence-electron chi connectivity index (χ0n) is 8.12. The van der Waals surface area contributed by atoms with Gasteiger partial charge in [-0.3, -0.25) is 4.79 Å². The first kappa shape index (κ1) is 11.0. The molecule has 1 N–H and O–H groups in total. The molecule has 1 rings (SSSR count). The highest BCUT2D eigenvalue weighted by molar-refractivity contribution is 5.80. The van der Waals surface area contributed by atoms with Crippen molar-refractivity contribution in [2.45, 2.75) is 18.9 Å². The Morgan fingerprint density at radius 1 is 1.57 bits per heavy atom. The van der Waals surface area contributed by atoms with E-state index >= 15 is 0 Å². The third-order valence-corrected chi connectivity index (χ3v) is 1.91. The molecule has 1 saturated heterocycles. The Balaban J connectivity index is 2.11. The fourth-order valence-corrected chi connectivity index (χ4v) is 1.16. The van der Waals surface area contributed by atoms with Crippen molar-refractivity contribution in [1.82, 2.24) is 5.32 Å². The molecule has 1 heterocycles. The van der Waals surface area contributed by atoms with E-state index in [1.165, 1.54) is 0 Å². The third kappa shape index (κ3) is 3.77. The highest BCUT2D eigenvalue weighted by atomic mass is 16.6. The first-order valence-corrected chi connectivity index (χ1v) is 4.75. The summed E-state index contributed by atoms with van der Waals surface area (Å²) in [6.45, 7) is 2.01. The van der Waals surface area contributed by atoms with Crippen LogP contribution in [-0.2, 0) is 14.3 Å². The highest BCUT2D eigenvalue weighted by Crippen LogP contribution is 2.00. The summed E-state index contributed by atoms with van der Waals surface area (Å²) in [7, 11) is 0. The molecule has 0 spiro atoms. The van der Waals surface area contributed by atoms with Crippen molar-refractivity contribution < 1.29 is 14.3 Å². The van der Waals surface area contributed by atoms with E-state index in [1.807, 2.05) is 0 Å². The van der Waals surface area contributed by atoms with Gasteiger partial charge in [-0.15, -0.1) is 12.3 Å². The van der Waals surface area contributed by atoms with Gasteiger partial charge in [0.05, 0.1) is 19.8 Å². The van der Waals surface area contributed by atoms with Crippen molar-refractivity contribution in [3.05, 3.63) is 0 Å². The van der Waals surface area contributed by atoms with E-state index < -0.39 is 6.10 Å². The van der Waals surface area contributed by atoms with Crippen LogP contribution in [-0.4, -0.2) is 38.4 Å². The summed E-state index contributed by atoms with van der Waals surface area (Å²) in [5.74, 6) is 2.40. The van der Waals surface area contributed by atoms with Gasteiger partial charge in [0.15, 0.2) is 6.10 Å². The second kappa shape index (κ2) is 6.41. The van der Waals surface area contributed by atoms with E-state index in [-0.39, 0.29) is 5.91 Å². The van der Waals surface area contributed by atoms with Crippen LogP contribution in [0.4, 0.5) is 0 Å². The zero-order valence-corrected chi connectivity index (χ0v) is 8.12. The number of amides is 1. The second-order valence-corrected chi connectivity index (χ2v) is 3.03. The molecular formula is C10H15NO3. The first-order chi connectivity index (χ1) is 6.84. The van der Waals surface area contributed by atoms with E-state index in [2.05, 4.69) is 11.2 Å². The molecule has 1 atom stereocenters. The number of hydrogen-bond acceptors (Lipinski definition) is 3. The molecule has 1 unspecified atom stereocenters. The van der Waals surface area contributed by atoms with Gasteiger partial charge in [-0.2, -0.15) is 0 Å². The molecule has 1 amide bonds. The Hall–Kier alpha value is -1.05. The molecule has 0 aromatic rings. The molecule has 14 heavy (non-hydrogen) atoms. The average molecular weight is 197 g/mol. The molecule has 0 aromatic carbocycles. The minimum Gasteiger partial charge on any atom is -0.376 e. The van der Waals surface area contributed by atoms with Gasteiger partial charge in [-0.05, 0) is 6.42 Å². The van der Waals surface area contributed by atoms with Crippen LogP contribution < -0.4 is 5.32 Å². The number of ether oxygens (including phenoxy) is 2. The van der Waals surface area contributed by atoms with E-state index in [9.17, 15) is 4.79 Å². The van der Waals surface area contributed by atoms with E-state index in [4.69, 9.17) is 15.9 Å². The number of terminal acetylenes is 1. The van der Waals surface area contributed by atoms with Crippen LogP contribution in [0.5, 0.6) is 0 Å². The lowest BCUT2D eigenvalue weighted by molar-refractivity contribution is -0.147. The van der Waals surface area contributed by atoms with Crippen LogP contribution in [0.3, 0.4) is 0 Å². The van der Waals surface area contributed by atoms with Crippen molar-refractivity contribution in [1.29, 1.82) is 0 Å². The lowest BCUT2D eigenvalue weighted by Gasteiger charge is -2.21. The van der Waals surface area contributed by atoms with Crippen LogP contribution in [0.2, 0.25) is 0 Å². The van der Waals surface area contributed by atoms with E-state index in [0.717, 1.165) is 6.42 Å². The highest BCUT2D eigenvalue weighted by Gasteiger charge is 2.21. The Kier molecular flexibility index (Phi) is 5.05. The predicted octanol–water partition coefficient (Wildman–Crippen LogP) is -0.0686. The summed E-state index contributed by atoms with van der Waals surface area (Å²) >= 11 is 0. The predicted molar refractivity (Wildman–Crippen MR) is 51.6 cm³/mol. The summed E-state index contributed by atoms with van der Waals surface area (Å²) in [5, 5.41) is 2.75. The molecule has 0 saturated carbocycles. The van der Waals surface area contributed by atoms with Crippen LogP contribution >= 0.6 is 0 Å². The number of carbonyl (C=O) groups is 1. The Morgan fingerprint density at radius 2 is 2.43 bits per heavy atom. The molecule has 78 valence electrons. The van der Waals surface area contributed by atoms with Gasteiger partial charge in [0.2, 0.25) is 0 Å². The van der Waals surface area contributed by atoms with Crippen molar-refractivity contribution in [3.8, 4) is 12.3 Å². The van der Waals surface area contributed by atoms with E-state index in [0.29, 0.717) is 32.8 Å². The average Bonchev–Trinajstić information content (AvgIpc) is 2.25. The monoisotopic (exact) mass is 197 g/mol. The van der Waals surface area contributed by atoms with Gasteiger partial charge >= 0.3 is 0 Å². The van der Waals surface area contributed by atoms with Crippen LogP contribution in [0.15, 0.2) is 0 Å². The molecule has 0 aliphatic carbocycles. The van der Waals surface area contributed by atoms with Crippen molar-refractivity contribution in [2.75, 3.05) is 26.4 Å². The minimum absolute atomic E-state index is 0.110. The maximum Gasteiger partial charge on any atom is 0.251 e. The maximum atomic E-state index is 11.4. The van der Waals surface area contributed by atoms with Crippen LogP contribution in [0, 0.1) is 12.3 Å². The molecule has 4 heteroatoms. The fraction of sp³-hybridized carbons (Fsp3) is 0.700. The topological polar surface area (TPSA) is 47.6 Å². The van der Waals surface area contributed by atoms with Gasteiger partial charge in [-0.1, -0.05) is 0 Å². The molecule has 0 bridgehead atoms. The van der Waals surface area contributed by atoms with Crippen molar-refractivity contribution in [3.63, 3.8) is 0 Å². The quantitative estimate of drug-likeness (QED) is 0.507. The molecule has 1 fully saturated rings. The largest absolute Gasteiger partial charge is 0.376 e. The van der Waals surface area contributed by atoms with Gasteiger partial charge in [0.25, 0.3) is 5.91 Å². The lowest BCUT2D eigenvalue weighted by atomic mass is 10.3. The summed E-state index contributed by atoms with van der Waals surface area (Å²) in [4.78, 5) is 11.4. The summed E-state index contributed by atoms with van der Waals surface area (Å²) in [6.07, 6.45) is 6.12.